The van der Waals surface area contributed by atoms with Crippen LogP contribution >= 0.6 is 0 Å². The fraction of sp³-hybridized carbons (Fsp3) is 0.478. The zero-order valence-corrected chi connectivity index (χ0v) is 20.2. The van der Waals surface area contributed by atoms with Gasteiger partial charge in [-0.25, -0.2) is 12.8 Å². The zero-order chi connectivity index (χ0) is 23.7. The van der Waals surface area contributed by atoms with Crippen molar-refractivity contribution < 1.29 is 27.0 Å². The molecule has 0 aliphatic rings. The van der Waals surface area contributed by atoms with Crippen molar-refractivity contribution in [2.24, 2.45) is 0 Å². The lowest BCUT2D eigenvalue weighted by Gasteiger charge is -2.21. The molecule has 0 heterocycles. The molecule has 32 heavy (non-hydrogen) atoms. The molecule has 0 aromatic heterocycles. The number of methoxy groups -OCH3 is 2. The minimum absolute atomic E-state index is 0.0606. The summed E-state index contributed by atoms with van der Waals surface area (Å²) in [5.74, 6) is 0.763. The molecular formula is C23H33FN2O5S. The van der Waals surface area contributed by atoms with E-state index in [1.165, 1.54) is 36.7 Å². The molecule has 0 aliphatic carbocycles. The Hall–Kier alpha value is -2.36. The van der Waals surface area contributed by atoms with Crippen LogP contribution in [0.4, 0.5) is 4.39 Å². The van der Waals surface area contributed by atoms with Gasteiger partial charge in [0.1, 0.15) is 23.1 Å². The minimum Gasteiger partial charge on any atom is -0.495 e. The maximum atomic E-state index is 13.4. The van der Waals surface area contributed by atoms with Gasteiger partial charge in [0.2, 0.25) is 10.0 Å². The lowest BCUT2D eigenvalue weighted by atomic mass is 10.1. The van der Waals surface area contributed by atoms with Crippen molar-refractivity contribution in [3.63, 3.8) is 0 Å². The van der Waals surface area contributed by atoms with Crippen molar-refractivity contribution in [1.29, 1.82) is 0 Å². The van der Waals surface area contributed by atoms with Gasteiger partial charge in [0.25, 0.3) is 0 Å². The van der Waals surface area contributed by atoms with Gasteiger partial charge in [0, 0.05) is 31.7 Å². The van der Waals surface area contributed by atoms with Gasteiger partial charge in [0.05, 0.1) is 14.2 Å². The summed E-state index contributed by atoms with van der Waals surface area (Å²) in [5, 5.41) is 3.33. The number of rotatable bonds is 13. The Labute approximate surface area is 190 Å². The first-order chi connectivity index (χ1) is 15.3. The lowest BCUT2D eigenvalue weighted by molar-refractivity contribution is 0.285. The summed E-state index contributed by atoms with van der Waals surface area (Å²) in [6.45, 7) is 7.26. The van der Waals surface area contributed by atoms with E-state index >= 15 is 0 Å². The largest absolute Gasteiger partial charge is 0.495 e. The molecule has 2 rings (SSSR count). The van der Waals surface area contributed by atoms with Gasteiger partial charge in [-0.05, 0) is 43.2 Å². The van der Waals surface area contributed by atoms with Crippen LogP contribution in [-0.4, -0.2) is 59.2 Å². The average molecular weight is 469 g/mol. The highest BCUT2D eigenvalue weighted by Crippen LogP contribution is 2.29. The molecule has 2 aromatic rings. The maximum absolute atomic E-state index is 13.4. The van der Waals surface area contributed by atoms with Gasteiger partial charge in [0.15, 0.2) is 11.5 Å². The maximum Gasteiger partial charge on any atom is 0.246 e. The van der Waals surface area contributed by atoms with Crippen molar-refractivity contribution in [3.8, 4) is 17.2 Å². The van der Waals surface area contributed by atoms with Crippen molar-refractivity contribution in [1.82, 2.24) is 9.62 Å². The molecule has 1 unspecified atom stereocenters. The Morgan fingerprint density at radius 2 is 1.66 bits per heavy atom. The number of nitrogens with one attached hydrogen (secondary N) is 1. The van der Waals surface area contributed by atoms with E-state index in [1.807, 2.05) is 26.8 Å². The van der Waals surface area contributed by atoms with Crippen molar-refractivity contribution >= 4 is 10.0 Å². The molecule has 9 heteroatoms. The summed E-state index contributed by atoms with van der Waals surface area (Å²) in [6, 6.07) is 9.43. The number of ether oxygens (including phenoxy) is 3. The molecule has 7 nitrogen and oxygen atoms in total. The van der Waals surface area contributed by atoms with Crippen LogP contribution in [0.25, 0.3) is 0 Å². The molecule has 178 valence electrons. The highest BCUT2D eigenvalue weighted by atomic mass is 32.2. The molecule has 1 N–H and O–H groups in total. The molecule has 0 aliphatic heterocycles. The quantitative estimate of drug-likeness (QED) is 0.454. The second-order valence-electron chi connectivity index (χ2n) is 7.28. The fourth-order valence-electron chi connectivity index (χ4n) is 3.41. The summed E-state index contributed by atoms with van der Waals surface area (Å²) >= 11 is 0. The Morgan fingerprint density at radius 1 is 1.00 bits per heavy atom. The molecule has 0 amide bonds. The van der Waals surface area contributed by atoms with Crippen LogP contribution in [0, 0.1) is 5.82 Å². The van der Waals surface area contributed by atoms with E-state index in [-0.39, 0.29) is 10.9 Å². The van der Waals surface area contributed by atoms with E-state index in [9.17, 15) is 12.8 Å². The van der Waals surface area contributed by atoms with E-state index < -0.39 is 15.8 Å². The minimum atomic E-state index is -3.64. The lowest BCUT2D eigenvalue weighted by Crippen LogP contribution is -2.32. The molecule has 0 saturated heterocycles. The first-order valence-electron chi connectivity index (χ1n) is 10.6. The second kappa shape index (κ2) is 12.0. The molecular weight excluding hydrogens is 435 g/mol. The Balaban J connectivity index is 2.00. The molecule has 0 fully saturated rings. The topological polar surface area (TPSA) is 77.1 Å². The van der Waals surface area contributed by atoms with Crippen molar-refractivity contribution in [2.45, 2.75) is 38.1 Å². The smallest absolute Gasteiger partial charge is 0.246 e. The standard InChI is InChI=1S/C23H33FN2O5S/c1-6-26(7-2)32(27,28)23-15-18(8-10-21(23)30-5)14-17(3)25-12-13-31-22-16-19(24)9-11-20(22)29-4/h8-11,15-17,25H,6-7,12-14H2,1-5H3. The van der Waals surface area contributed by atoms with Gasteiger partial charge in [-0.2, -0.15) is 4.31 Å². The van der Waals surface area contributed by atoms with Gasteiger partial charge in [-0.1, -0.05) is 19.9 Å². The Morgan fingerprint density at radius 3 is 2.28 bits per heavy atom. The molecule has 2 aromatic carbocycles. The van der Waals surface area contributed by atoms with E-state index in [4.69, 9.17) is 14.2 Å². The fourth-order valence-corrected chi connectivity index (χ4v) is 5.07. The summed E-state index contributed by atoms with van der Waals surface area (Å²) in [5.41, 5.74) is 0.879. The van der Waals surface area contributed by atoms with Crippen LogP contribution in [0.15, 0.2) is 41.3 Å². The monoisotopic (exact) mass is 468 g/mol. The van der Waals surface area contributed by atoms with E-state index in [0.717, 1.165) is 5.56 Å². The van der Waals surface area contributed by atoms with Crippen LogP contribution in [0.5, 0.6) is 17.2 Å². The van der Waals surface area contributed by atoms with Crippen molar-refractivity contribution in [2.75, 3.05) is 40.5 Å². The predicted molar refractivity (Wildman–Crippen MR) is 123 cm³/mol. The highest BCUT2D eigenvalue weighted by Gasteiger charge is 2.26. The van der Waals surface area contributed by atoms with Gasteiger partial charge in [-0.3, -0.25) is 0 Å². The Bertz CT molecular complexity index is 980. The highest BCUT2D eigenvalue weighted by molar-refractivity contribution is 7.89. The average Bonchev–Trinajstić information content (AvgIpc) is 2.77. The van der Waals surface area contributed by atoms with Gasteiger partial charge in [-0.15, -0.1) is 0 Å². The molecule has 0 spiro atoms. The number of hydrogen-bond donors (Lipinski definition) is 1. The first kappa shape index (κ1) is 25.9. The van der Waals surface area contributed by atoms with Crippen LogP contribution in [0.1, 0.15) is 26.3 Å². The zero-order valence-electron chi connectivity index (χ0n) is 19.4. The van der Waals surface area contributed by atoms with Crippen LogP contribution in [0.2, 0.25) is 0 Å². The van der Waals surface area contributed by atoms with Crippen LogP contribution in [-0.2, 0) is 16.4 Å². The SMILES string of the molecule is CCN(CC)S(=O)(=O)c1cc(CC(C)NCCOc2cc(F)ccc2OC)ccc1OC. The number of benzene rings is 2. The Kier molecular flexibility index (Phi) is 9.74. The third-order valence-electron chi connectivity index (χ3n) is 5.07. The molecule has 0 saturated carbocycles. The molecule has 0 bridgehead atoms. The van der Waals surface area contributed by atoms with E-state index in [1.54, 1.807) is 12.1 Å². The number of sulfonamides is 1. The van der Waals surface area contributed by atoms with E-state index in [2.05, 4.69) is 5.32 Å². The molecule has 0 radical (unpaired) electrons. The number of nitrogens with zero attached hydrogens (tertiary/aromatic N) is 1. The van der Waals surface area contributed by atoms with E-state index in [0.29, 0.717) is 49.9 Å². The first-order valence-corrected chi connectivity index (χ1v) is 12.1. The second-order valence-corrected chi connectivity index (χ2v) is 9.18. The summed E-state index contributed by atoms with van der Waals surface area (Å²) in [6.07, 6.45) is 0.619. The van der Waals surface area contributed by atoms with Gasteiger partial charge >= 0.3 is 0 Å². The molecule has 1 atom stereocenters. The summed E-state index contributed by atoms with van der Waals surface area (Å²) in [7, 11) is -0.668. The summed E-state index contributed by atoms with van der Waals surface area (Å²) in [4.78, 5) is 0.176. The van der Waals surface area contributed by atoms with Gasteiger partial charge < -0.3 is 19.5 Å². The van der Waals surface area contributed by atoms with Crippen molar-refractivity contribution in [3.05, 3.63) is 47.8 Å². The number of halogens is 1. The van der Waals surface area contributed by atoms with Crippen LogP contribution < -0.4 is 19.5 Å². The normalized spacial score (nSPS) is 12.6. The summed E-state index contributed by atoms with van der Waals surface area (Å²) < 4.78 is 57.0. The predicted octanol–water partition coefficient (Wildman–Crippen LogP) is 3.47. The third kappa shape index (κ3) is 6.57. The number of hydrogen-bond acceptors (Lipinski definition) is 6. The van der Waals surface area contributed by atoms with Crippen LogP contribution in [0.3, 0.4) is 0 Å². The third-order valence-corrected chi connectivity index (χ3v) is 7.14.